The van der Waals surface area contributed by atoms with Crippen molar-refractivity contribution in [1.29, 1.82) is 0 Å². The number of aromatic hydroxyl groups is 1. The molecule has 2 N–H and O–H groups in total. The smallest absolute Gasteiger partial charge is 0.115 e. The van der Waals surface area contributed by atoms with Gasteiger partial charge in [0.15, 0.2) is 0 Å². The SMILES string of the molecule is CC1(c2ccc(O)cc2)CSC2=CC(O)=CCC2C1. The van der Waals surface area contributed by atoms with Crippen molar-refractivity contribution in [3.05, 3.63) is 52.6 Å². The number of allylic oxidation sites excluding steroid dienone is 3. The molecule has 0 amide bonds. The first kappa shape index (κ1) is 12.7. The van der Waals surface area contributed by atoms with E-state index in [0.29, 0.717) is 17.4 Å². The van der Waals surface area contributed by atoms with Gasteiger partial charge in [-0.25, -0.2) is 0 Å². The highest BCUT2D eigenvalue weighted by Gasteiger charge is 2.37. The van der Waals surface area contributed by atoms with Crippen molar-refractivity contribution in [2.24, 2.45) is 5.92 Å². The zero-order valence-corrected chi connectivity index (χ0v) is 11.8. The summed E-state index contributed by atoms with van der Waals surface area (Å²) >= 11 is 1.85. The molecule has 0 aromatic heterocycles. The van der Waals surface area contributed by atoms with Gasteiger partial charge in [-0.3, -0.25) is 0 Å². The van der Waals surface area contributed by atoms with Crippen LogP contribution >= 0.6 is 11.8 Å². The van der Waals surface area contributed by atoms with Gasteiger partial charge in [0.1, 0.15) is 11.5 Å². The number of hydrogen-bond donors (Lipinski definition) is 2. The fourth-order valence-corrected chi connectivity index (χ4v) is 4.34. The number of phenols is 1. The maximum absolute atomic E-state index is 9.57. The number of aliphatic hydroxyl groups is 1. The minimum Gasteiger partial charge on any atom is -0.508 e. The lowest BCUT2D eigenvalue weighted by atomic mass is 9.74. The summed E-state index contributed by atoms with van der Waals surface area (Å²) in [6, 6.07) is 7.59. The van der Waals surface area contributed by atoms with Crippen LogP contribution in [0.4, 0.5) is 0 Å². The summed E-state index contributed by atoms with van der Waals surface area (Å²) in [6.07, 6.45) is 5.85. The molecule has 1 fully saturated rings. The summed E-state index contributed by atoms with van der Waals surface area (Å²) in [5.41, 5.74) is 1.43. The summed E-state index contributed by atoms with van der Waals surface area (Å²) in [4.78, 5) is 1.32. The Morgan fingerprint density at radius 2 is 1.95 bits per heavy atom. The molecule has 0 radical (unpaired) electrons. The van der Waals surface area contributed by atoms with Crippen LogP contribution in [0.1, 0.15) is 25.3 Å². The summed E-state index contributed by atoms with van der Waals surface area (Å²) in [6.45, 7) is 2.29. The summed E-state index contributed by atoms with van der Waals surface area (Å²) < 4.78 is 0. The van der Waals surface area contributed by atoms with Gasteiger partial charge >= 0.3 is 0 Å². The van der Waals surface area contributed by atoms with Crippen LogP contribution in [-0.4, -0.2) is 16.0 Å². The Bertz CT molecular complexity index is 544. The van der Waals surface area contributed by atoms with Gasteiger partial charge in [-0.15, -0.1) is 11.8 Å². The van der Waals surface area contributed by atoms with Crippen LogP contribution < -0.4 is 0 Å². The molecule has 0 spiro atoms. The van der Waals surface area contributed by atoms with E-state index in [1.54, 1.807) is 12.1 Å². The zero-order chi connectivity index (χ0) is 13.5. The zero-order valence-electron chi connectivity index (χ0n) is 11.0. The van der Waals surface area contributed by atoms with Crippen molar-refractivity contribution in [3.8, 4) is 5.75 Å². The fraction of sp³-hybridized carbons (Fsp3) is 0.375. The van der Waals surface area contributed by atoms with E-state index in [9.17, 15) is 10.2 Å². The second-order valence-corrected chi connectivity index (χ2v) is 6.76. The second-order valence-electron chi connectivity index (χ2n) is 5.71. The van der Waals surface area contributed by atoms with Crippen LogP contribution in [0.3, 0.4) is 0 Å². The van der Waals surface area contributed by atoms with Crippen molar-refractivity contribution in [3.63, 3.8) is 0 Å². The Hall–Kier alpha value is -1.35. The molecular weight excluding hydrogens is 256 g/mol. The number of phenolic OH excluding ortho intramolecular Hbond substituents is 1. The molecule has 1 aliphatic carbocycles. The third-order valence-corrected chi connectivity index (χ3v) is 5.69. The Morgan fingerprint density at radius 1 is 1.21 bits per heavy atom. The van der Waals surface area contributed by atoms with Gasteiger partial charge in [0.25, 0.3) is 0 Å². The fourth-order valence-electron chi connectivity index (χ4n) is 2.96. The molecule has 2 aliphatic rings. The quantitative estimate of drug-likeness (QED) is 0.809. The molecule has 3 rings (SSSR count). The first-order valence-corrected chi connectivity index (χ1v) is 7.58. The Labute approximate surface area is 117 Å². The van der Waals surface area contributed by atoms with E-state index >= 15 is 0 Å². The number of thioether (sulfide) groups is 1. The van der Waals surface area contributed by atoms with Crippen LogP contribution in [0.15, 0.2) is 47.1 Å². The molecule has 0 bridgehead atoms. The van der Waals surface area contributed by atoms with Crippen LogP contribution in [0.5, 0.6) is 5.75 Å². The van der Waals surface area contributed by atoms with Crippen LogP contribution in [0.2, 0.25) is 0 Å². The van der Waals surface area contributed by atoms with Gasteiger partial charge < -0.3 is 10.2 Å². The summed E-state index contributed by atoms with van der Waals surface area (Å²) in [5, 5.41) is 19.0. The molecule has 1 aromatic carbocycles. The number of aliphatic hydroxyl groups excluding tert-OH is 1. The molecule has 1 aromatic rings. The normalized spacial score (nSPS) is 30.3. The van der Waals surface area contributed by atoms with Crippen LogP contribution in [-0.2, 0) is 5.41 Å². The van der Waals surface area contributed by atoms with Crippen molar-refractivity contribution in [1.82, 2.24) is 0 Å². The predicted octanol–water partition coefficient (Wildman–Crippen LogP) is 4.13. The van der Waals surface area contributed by atoms with Gasteiger partial charge in [-0.05, 0) is 53.5 Å². The van der Waals surface area contributed by atoms with Gasteiger partial charge in [0.05, 0.1) is 0 Å². The van der Waals surface area contributed by atoms with Crippen molar-refractivity contribution >= 4 is 11.8 Å². The summed E-state index contributed by atoms with van der Waals surface area (Å²) in [5.74, 6) is 2.27. The van der Waals surface area contributed by atoms with E-state index in [-0.39, 0.29) is 5.41 Å². The molecule has 19 heavy (non-hydrogen) atoms. The minimum absolute atomic E-state index is 0.140. The Balaban J connectivity index is 1.85. The lowest BCUT2D eigenvalue weighted by Crippen LogP contribution is -2.33. The van der Waals surface area contributed by atoms with E-state index in [1.807, 2.05) is 36.0 Å². The summed E-state index contributed by atoms with van der Waals surface area (Å²) in [7, 11) is 0. The van der Waals surface area contributed by atoms with E-state index < -0.39 is 0 Å². The molecule has 2 unspecified atom stereocenters. The van der Waals surface area contributed by atoms with E-state index in [2.05, 4.69) is 6.92 Å². The monoisotopic (exact) mass is 274 g/mol. The first-order chi connectivity index (χ1) is 9.07. The molecule has 1 saturated heterocycles. The van der Waals surface area contributed by atoms with E-state index in [0.717, 1.165) is 18.6 Å². The van der Waals surface area contributed by atoms with Crippen LogP contribution in [0.25, 0.3) is 0 Å². The molecule has 1 aliphatic heterocycles. The maximum atomic E-state index is 9.57. The van der Waals surface area contributed by atoms with Gasteiger partial charge in [0.2, 0.25) is 0 Å². The van der Waals surface area contributed by atoms with Crippen molar-refractivity contribution in [2.45, 2.75) is 25.2 Å². The molecule has 0 saturated carbocycles. The minimum atomic E-state index is 0.140. The molecule has 2 atom stereocenters. The lowest BCUT2D eigenvalue weighted by Gasteiger charge is -2.40. The van der Waals surface area contributed by atoms with Crippen molar-refractivity contribution in [2.75, 3.05) is 5.75 Å². The van der Waals surface area contributed by atoms with E-state index in [4.69, 9.17) is 0 Å². The van der Waals surface area contributed by atoms with Gasteiger partial charge in [-0.1, -0.05) is 19.1 Å². The van der Waals surface area contributed by atoms with Gasteiger partial charge in [-0.2, -0.15) is 0 Å². The number of benzene rings is 1. The number of hydrogen-bond acceptors (Lipinski definition) is 3. The third kappa shape index (κ3) is 2.39. The average molecular weight is 274 g/mol. The maximum Gasteiger partial charge on any atom is 0.115 e. The Morgan fingerprint density at radius 3 is 2.68 bits per heavy atom. The topological polar surface area (TPSA) is 40.5 Å². The molecule has 3 heteroatoms. The molecule has 2 nitrogen and oxygen atoms in total. The largest absolute Gasteiger partial charge is 0.508 e. The van der Waals surface area contributed by atoms with Crippen molar-refractivity contribution < 1.29 is 10.2 Å². The highest BCUT2D eigenvalue weighted by atomic mass is 32.2. The standard InChI is InChI=1S/C16H18O2S/c1-16(12-3-6-13(17)7-4-12)9-11-2-5-14(18)8-15(11)19-10-16/h3-8,11,17-18H,2,9-10H2,1H3. The molecule has 100 valence electrons. The van der Waals surface area contributed by atoms with Gasteiger partial charge in [0, 0.05) is 11.2 Å². The predicted molar refractivity (Wildman–Crippen MR) is 79.4 cm³/mol. The molecule has 1 heterocycles. The lowest BCUT2D eigenvalue weighted by molar-refractivity contribution is 0.377. The highest BCUT2D eigenvalue weighted by Crippen LogP contribution is 2.48. The average Bonchev–Trinajstić information content (AvgIpc) is 2.40. The Kier molecular flexibility index (Phi) is 3.09. The van der Waals surface area contributed by atoms with E-state index in [1.165, 1.54) is 10.5 Å². The number of fused-ring (bicyclic) bond motifs is 1. The highest BCUT2D eigenvalue weighted by molar-refractivity contribution is 8.03. The third-order valence-electron chi connectivity index (χ3n) is 4.12. The first-order valence-electron chi connectivity index (χ1n) is 6.60. The van der Waals surface area contributed by atoms with Crippen LogP contribution in [0, 0.1) is 5.92 Å². The molecular formula is C16H18O2S. The number of rotatable bonds is 1. The second kappa shape index (κ2) is 4.64.